The van der Waals surface area contributed by atoms with Crippen molar-refractivity contribution in [2.24, 2.45) is 0 Å². The molecule has 1 aliphatic rings. The Morgan fingerprint density at radius 3 is 2.80 bits per heavy atom. The van der Waals surface area contributed by atoms with Crippen LogP contribution in [0.25, 0.3) is 22.4 Å². The van der Waals surface area contributed by atoms with Crippen molar-refractivity contribution < 1.29 is 0 Å². The molecule has 6 heteroatoms. The summed E-state index contributed by atoms with van der Waals surface area (Å²) in [7, 11) is 0. The molecule has 100 valence electrons. The van der Waals surface area contributed by atoms with Crippen LogP contribution in [0.2, 0.25) is 0 Å². The fraction of sp³-hybridized carbons (Fsp3) is 0.286. The normalized spacial score (nSPS) is 16.4. The van der Waals surface area contributed by atoms with E-state index in [9.17, 15) is 0 Å². The van der Waals surface area contributed by atoms with E-state index in [0.29, 0.717) is 11.6 Å². The minimum Gasteiger partial charge on any atom is -0.383 e. The van der Waals surface area contributed by atoms with E-state index in [-0.39, 0.29) is 5.41 Å². The number of fused-ring (bicyclic) bond motifs is 1. The molecule has 0 saturated heterocycles. The molecule has 4 rings (SSSR count). The van der Waals surface area contributed by atoms with Crippen molar-refractivity contribution in [3.8, 4) is 11.5 Å². The summed E-state index contributed by atoms with van der Waals surface area (Å²) < 4.78 is 0. The van der Waals surface area contributed by atoms with Gasteiger partial charge in [0.05, 0.1) is 11.7 Å². The van der Waals surface area contributed by atoms with Crippen LogP contribution < -0.4 is 5.73 Å². The summed E-state index contributed by atoms with van der Waals surface area (Å²) in [6.07, 6.45) is 7.62. The number of nitrogens with two attached hydrogens (primary N) is 1. The number of nitrogen functional groups attached to an aromatic ring is 1. The summed E-state index contributed by atoms with van der Waals surface area (Å²) in [5.74, 6) is 1.05. The van der Waals surface area contributed by atoms with Gasteiger partial charge in [0.25, 0.3) is 0 Å². The maximum absolute atomic E-state index is 6.18. The SMILES string of the molecule is CC1(c2cncc3nc(-c4ccn[nH]4)nc(N)c23)CC1. The predicted molar refractivity (Wildman–Crippen MR) is 75.9 cm³/mol. The van der Waals surface area contributed by atoms with Crippen molar-refractivity contribution in [1.29, 1.82) is 0 Å². The minimum atomic E-state index is 0.180. The number of aromatic amines is 1. The standard InChI is InChI=1S/C14H14N6/c1-14(3-4-14)8-6-16-7-10-11(8)12(15)19-13(18-10)9-2-5-17-20-9/h2,5-7H,3-4H2,1H3,(H,17,20)(H2,15,18,19). The first-order valence-electron chi connectivity index (χ1n) is 6.59. The molecule has 0 aliphatic heterocycles. The van der Waals surface area contributed by atoms with Gasteiger partial charge in [-0.1, -0.05) is 6.92 Å². The van der Waals surface area contributed by atoms with Gasteiger partial charge in [-0.05, 0) is 29.9 Å². The third-order valence-electron chi connectivity index (χ3n) is 4.03. The smallest absolute Gasteiger partial charge is 0.180 e. The van der Waals surface area contributed by atoms with E-state index in [1.165, 1.54) is 0 Å². The third kappa shape index (κ3) is 1.57. The molecule has 0 amide bonds. The number of anilines is 1. The number of aromatic nitrogens is 5. The number of nitrogens with one attached hydrogen (secondary N) is 1. The number of rotatable bonds is 2. The molecule has 0 radical (unpaired) electrons. The highest BCUT2D eigenvalue weighted by atomic mass is 15.1. The molecule has 0 bridgehead atoms. The summed E-state index contributed by atoms with van der Waals surface area (Å²) in [6.45, 7) is 2.23. The quantitative estimate of drug-likeness (QED) is 0.740. The van der Waals surface area contributed by atoms with Gasteiger partial charge in [0.1, 0.15) is 11.5 Å². The highest BCUT2D eigenvalue weighted by molar-refractivity contribution is 5.92. The summed E-state index contributed by atoms with van der Waals surface area (Å²) in [4.78, 5) is 13.3. The molecular formula is C14H14N6. The minimum absolute atomic E-state index is 0.180. The number of hydrogen-bond acceptors (Lipinski definition) is 5. The second kappa shape index (κ2) is 3.75. The van der Waals surface area contributed by atoms with Crippen molar-refractivity contribution in [3.63, 3.8) is 0 Å². The lowest BCUT2D eigenvalue weighted by molar-refractivity contribution is 0.790. The van der Waals surface area contributed by atoms with Gasteiger partial charge >= 0.3 is 0 Å². The largest absolute Gasteiger partial charge is 0.383 e. The highest BCUT2D eigenvalue weighted by Gasteiger charge is 2.41. The number of pyridine rings is 1. The van der Waals surface area contributed by atoms with Crippen LogP contribution in [-0.4, -0.2) is 25.1 Å². The molecule has 0 atom stereocenters. The zero-order valence-electron chi connectivity index (χ0n) is 11.1. The summed E-state index contributed by atoms with van der Waals surface area (Å²) in [5.41, 5.74) is 9.05. The second-order valence-corrected chi connectivity index (χ2v) is 5.54. The van der Waals surface area contributed by atoms with E-state index < -0.39 is 0 Å². The van der Waals surface area contributed by atoms with Gasteiger partial charge in [-0.3, -0.25) is 10.1 Å². The maximum Gasteiger partial charge on any atom is 0.180 e. The van der Waals surface area contributed by atoms with Crippen LogP contribution in [-0.2, 0) is 5.41 Å². The Labute approximate surface area is 115 Å². The average Bonchev–Trinajstić information content (AvgIpc) is 2.99. The topological polar surface area (TPSA) is 93.4 Å². The van der Waals surface area contributed by atoms with Crippen molar-refractivity contribution in [2.45, 2.75) is 25.2 Å². The monoisotopic (exact) mass is 266 g/mol. The first-order chi connectivity index (χ1) is 9.67. The van der Waals surface area contributed by atoms with Crippen LogP contribution >= 0.6 is 0 Å². The Balaban J connectivity index is 1.99. The van der Waals surface area contributed by atoms with Crippen molar-refractivity contribution in [1.82, 2.24) is 25.1 Å². The number of H-pyrrole nitrogens is 1. The fourth-order valence-electron chi connectivity index (χ4n) is 2.53. The molecule has 0 unspecified atom stereocenters. The molecule has 6 nitrogen and oxygen atoms in total. The molecular weight excluding hydrogens is 252 g/mol. The van der Waals surface area contributed by atoms with Crippen LogP contribution in [0.4, 0.5) is 5.82 Å². The van der Waals surface area contributed by atoms with Gasteiger partial charge in [0.2, 0.25) is 0 Å². The predicted octanol–water partition coefficient (Wildman–Crippen LogP) is 2.05. The molecule has 0 spiro atoms. The Bertz CT molecular complexity index is 789. The van der Waals surface area contributed by atoms with E-state index in [0.717, 1.165) is 35.0 Å². The van der Waals surface area contributed by atoms with Crippen LogP contribution in [0.5, 0.6) is 0 Å². The van der Waals surface area contributed by atoms with Crippen molar-refractivity contribution >= 4 is 16.7 Å². The third-order valence-corrected chi connectivity index (χ3v) is 4.03. The Kier molecular flexibility index (Phi) is 2.13. The summed E-state index contributed by atoms with van der Waals surface area (Å²) >= 11 is 0. The first kappa shape index (κ1) is 11.3. The van der Waals surface area contributed by atoms with E-state index >= 15 is 0 Å². The molecule has 20 heavy (non-hydrogen) atoms. The molecule has 1 fully saturated rings. The van der Waals surface area contributed by atoms with Gasteiger partial charge in [0.15, 0.2) is 5.82 Å². The Hall–Kier alpha value is -2.50. The maximum atomic E-state index is 6.18. The fourth-order valence-corrected chi connectivity index (χ4v) is 2.53. The molecule has 3 heterocycles. The lowest BCUT2D eigenvalue weighted by atomic mass is 9.96. The molecule has 3 aromatic heterocycles. The molecule has 1 aliphatic carbocycles. The zero-order chi connectivity index (χ0) is 13.7. The lowest BCUT2D eigenvalue weighted by Crippen LogP contribution is -2.06. The van der Waals surface area contributed by atoms with E-state index in [2.05, 4.69) is 32.1 Å². The molecule has 1 saturated carbocycles. The molecule has 3 N–H and O–H groups in total. The van der Waals surface area contributed by atoms with Gasteiger partial charge in [-0.2, -0.15) is 5.10 Å². The Morgan fingerprint density at radius 1 is 1.25 bits per heavy atom. The second-order valence-electron chi connectivity index (χ2n) is 5.54. The molecule has 0 aromatic carbocycles. The van der Waals surface area contributed by atoms with Crippen molar-refractivity contribution in [3.05, 3.63) is 30.2 Å². The van der Waals surface area contributed by atoms with E-state index in [4.69, 9.17) is 5.73 Å². The lowest BCUT2D eigenvalue weighted by Gasteiger charge is -2.13. The van der Waals surface area contributed by atoms with Crippen LogP contribution in [0.1, 0.15) is 25.3 Å². The van der Waals surface area contributed by atoms with Gasteiger partial charge in [-0.15, -0.1) is 0 Å². The summed E-state index contributed by atoms with van der Waals surface area (Å²) in [5, 5.41) is 7.70. The van der Waals surface area contributed by atoms with E-state index in [1.54, 1.807) is 12.4 Å². The van der Waals surface area contributed by atoms with Crippen LogP contribution in [0.15, 0.2) is 24.7 Å². The average molecular weight is 266 g/mol. The van der Waals surface area contributed by atoms with E-state index in [1.807, 2.05) is 12.3 Å². The molecule has 3 aromatic rings. The summed E-state index contributed by atoms with van der Waals surface area (Å²) in [6, 6.07) is 1.82. The van der Waals surface area contributed by atoms with Gasteiger partial charge < -0.3 is 5.73 Å². The number of hydrogen-bond donors (Lipinski definition) is 2. The van der Waals surface area contributed by atoms with Gasteiger partial charge in [-0.25, -0.2) is 9.97 Å². The first-order valence-corrected chi connectivity index (χ1v) is 6.59. The number of nitrogens with zero attached hydrogens (tertiary/aromatic N) is 4. The van der Waals surface area contributed by atoms with Gasteiger partial charge in [0, 0.05) is 17.8 Å². The van der Waals surface area contributed by atoms with Crippen LogP contribution in [0, 0.1) is 0 Å². The Morgan fingerprint density at radius 2 is 2.10 bits per heavy atom. The zero-order valence-corrected chi connectivity index (χ0v) is 11.1. The van der Waals surface area contributed by atoms with Crippen LogP contribution in [0.3, 0.4) is 0 Å². The van der Waals surface area contributed by atoms with Crippen molar-refractivity contribution in [2.75, 3.05) is 5.73 Å². The highest BCUT2D eigenvalue weighted by Crippen LogP contribution is 2.50.